The molecule has 3 aromatic rings. The summed E-state index contributed by atoms with van der Waals surface area (Å²) < 4.78 is 38.9. The van der Waals surface area contributed by atoms with E-state index in [0.29, 0.717) is 16.4 Å². The number of hydrogen-bond acceptors (Lipinski definition) is 5. The molecule has 162 valence electrons. The zero-order valence-electron chi connectivity index (χ0n) is 16.4. The van der Waals surface area contributed by atoms with E-state index in [2.05, 4.69) is 10.3 Å². The van der Waals surface area contributed by atoms with Crippen LogP contribution in [-0.4, -0.2) is 23.3 Å². The SMILES string of the molecule is N#Cc1ccc(-c2csc(NC(=O)[C@@H]3CC(=O)N(c4cccc(C(F)(F)F)c4)C3)n2)cc1. The van der Waals surface area contributed by atoms with Crippen molar-refractivity contribution in [3.63, 3.8) is 0 Å². The molecule has 1 aliphatic heterocycles. The quantitative estimate of drug-likeness (QED) is 0.617. The fraction of sp³-hybridized carbons (Fsp3) is 0.182. The average molecular weight is 456 g/mol. The third-order valence-corrected chi connectivity index (χ3v) is 5.78. The van der Waals surface area contributed by atoms with Gasteiger partial charge in [-0.25, -0.2) is 4.98 Å². The summed E-state index contributed by atoms with van der Waals surface area (Å²) in [5.41, 5.74) is 1.19. The van der Waals surface area contributed by atoms with E-state index in [1.807, 2.05) is 6.07 Å². The zero-order valence-corrected chi connectivity index (χ0v) is 17.2. The van der Waals surface area contributed by atoms with Gasteiger partial charge in [0.15, 0.2) is 5.13 Å². The molecule has 0 aliphatic carbocycles. The summed E-state index contributed by atoms with van der Waals surface area (Å²) in [5, 5.41) is 13.7. The number of rotatable bonds is 4. The lowest BCUT2D eigenvalue weighted by atomic mass is 10.1. The molecule has 0 radical (unpaired) electrons. The molecule has 2 amide bonds. The first-order valence-corrected chi connectivity index (χ1v) is 10.4. The van der Waals surface area contributed by atoms with Crippen LogP contribution in [0.5, 0.6) is 0 Å². The van der Waals surface area contributed by atoms with Crippen LogP contribution < -0.4 is 10.2 Å². The highest BCUT2D eigenvalue weighted by Crippen LogP contribution is 2.34. The fourth-order valence-corrected chi connectivity index (χ4v) is 4.09. The Balaban J connectivity index is 1.43. The number of hydrogen-bond donors (Lipinski definition) is 1. The van der Waals surface area contributed by atoms with Crippen LogP contribution in [0.1, 0.15) is 17.5 Å². The number of anilines is 2. The van der Waals surface area contributed by atoms with Crippen molar-refractivity contribution in [3.8, 4) is 17.3 Å². The molecule has 0 bridgehead atoms. The monoisotopic (exact) mass is 456 g/mol. The molecule has 0 saturated carbocycles. The van der Waals surface area contributed by atoms with E-state index in [4.69, 9.17) is 5.26 Å². The molecule has 1 N–H and O–H groups in total. The van der Waals surface area contributed by atoms with Crippen molar-refractivity contribution in [3.05, 3.63) is 65.0 Å². The van der Waals surface area contributed by atoms with Gasteiger partial charge < -0.3 is 10.2 Å². The van der Waals surface area contributed by atoms with Crippen LogP contribution in [0.2, 0.25) is 0 Å². The molecular formula is C22H15F3N4O2S. The fourth-order valence-electron chi connectivity index (χ4n) is 3.37. The van der Waals surface area contributed by atoms with Crippen molar-refractivity contribution >= 4 is 34.0 Å². The molecule has 1 fully saturated rings. The zero-order chi connectivity index (χ0) is 22.9. The Morgan fingerprint density at radius 3 is 2.66 bits per heavy atom. The molecule has 1 aliphatic rings. The van der Waals surface area contributed by atoms with Crippen molar-refractivity contribution in [1.82, 2.24) is 4.98 Å². The Hall–Kier alpha value is -3.71. The maximum atomic E-state index is 13.0. The predicted octanol–water partition coefficient (Wildman–Crippen LogP) is 4.69. The standard InChI is InChI=1S/C22H15F3N4O2S/c23-22(24,25)16-2-1-3-17(9-16)29-11-15(8-19(29)30)20(31)28-21-27-18(12-32-21)14-6-4-13(10-26)5-7-14/h1-7,9,12,15H,8,11H2,(H,27,28,31)/t15-/m1/s1. The summed E-state index contributed by atoms with van der Waals surface area (Å²) >= 11 is 1.21. The van der Waals surface area contributed by atoms with E-state index in [-0.39, 0.29) is 18.7 Å². The number of halogens is 3. The normalized spacial score (nSPS) is 16.1. The van der Waals surface area contributed by atoms with Crippen molar-refractivity contribution in [2.75, 3.05) is 16.8 Å². The van der Waals surface area contributed by atoms with Gasteiger partial charge in [0.1, 0.15) is 0 Å². The molecule has 1 atom stereocenters. The first-order valence-electron chi connectivity index (χ1n) is 9.49. The van der Waals surface area contributed by atoms with E-state index in [0.717, 1.165) is 17.7 Å². The van der Waals surface area contributed by atoms with Gasteiger partial charge in [-0.15, -0.1) is 11.3 Å². The second kappa shape index (κ2) is 8.43. The smallest absolute Gasteiger partial charge is 0.312 e. The second-order valence-corrected chi connectivity index (χ2v) is 8.03. The van der Waals surface area contributed by atoms with Crippen LogP contribution in [0.25, 0.3) is 11.3 Å². The van der Waals surface area contributed by atoms with Crippen LogP contribution >= 0.6 is 11.3 Å². The van der Waals surface area contributed by atoms with Gasteiger partial charge >= 0.3 is 6.18 Å². The van der Waals surface area contributed by atoms with E-state index < -0.39 is 29.5 Å². The molecule has 0 unspecified atom stereocenters. The third-order valence-electron chi connectivity index (χ3n) is 5.03. The Bertz CT molecular complexity index is 1210. The lowest BCUT2D eigenvalue weighted by Crippen LogP contribution is -2.28. The average Bonchev–Trinajstić information content (AvgIpc) is 3.40. The lowest BCUT2D eigenvalue weighted by Gasteiger charge is -2.18. The molecule has 32 heavy (non-hydrogen) atoms. The summed E-state index contributed by atoms with van der Waals surface area (Å²) in [6.45, 7) is -0.0141. The van der Waals surface area contributed by atoms with Gasteiger partial charge in [0.05, 0.1) is 28.8 Å². The summed E-state index contributed by atoms with van der Waals surface area (Å²) in [7, 11) is 0. The van der Waals surface area contributed by atoms with Crippen LogP contribution in [-0.2, 0) is 15.8 Å². The van der Waals surface area contributed by atoms with Gasteiger partial charge in [-0.3, -0.25) is 9.59 Å². The Morgan fingerprint density at radius 1 is 1.22 bits per heavy atom. The maximum absolute atomic E-state index is 13.0. The number of thiazole rings is 1. The minimum atomic E-state index is -4.52. The summed E-state index contributed by atoms with van der Waals surface area (Å²) in [4.78, 5) is 30.6. The van der Waals surface area contributed by atoms with Gasteiger partial charge in [-0.05, 0) is 30.3 Å². The Labute approximate surface area is 184 Å². The van der Waals surface area contributed by atoms with Gasteiger partial charge in [0.25, 0.3) is 0 Å². The van der Waals surface area contributed by atoms with Crippen molar-refractivity contribution in [1.29, 1.82) is 5.26 Å². The lowest BCUT2D eigenvalue weighted by molar-refractivity contribution is -0.137. The van der Waals surface area contributed by atoms with Crippen LogP contribution in [0.15, 0.2) is 53.9 Å². The summed E-state index contributed by atoms with van der Waals surface area (Å²) in [5.74, 6) is -1.55. The van der Waals surface area contributed by atoms with E-state index in [1.165, 1.54) is 28.4 Å². The molecule has 10 heteroatoms. The summed E-state index contributed by atoms with van der Waals surface area (Å²) in [6, 6.07) is 13.4. The number of benzene rings is 2. The number of aromatic nitrogens is 1. The molecule has 0 spiro atoms. The first kappa shape index (κ1) is 21.5. The largest absolute Gasteiger partial charge is 0.416 e. The molecule has 2 heterocycles. The van der Waals surface area contributed by atoms with Crippen molar-refractivity contribution < 1.29 is 22.8 Å². The molecule has 4 rings (SSSR count). The van der Waals surface area contributed by atoms with Crippen molar-refractivity contribution in [2.24, 2.45) is 5.92 Å². The van der Waals surface area contributed by atoms with E-state index in [9.17, 15) is 22.8 Å². The summed E-state index contributed by atoms with van der Waals surface area (Å²) in [6.07, 6.45) is -4.62. The third kappa shape index (κ3) is 4.48. The molecule has 1 saturated heterocycles. The second-order valence-electron chi connectivity index (χ2n) is 7.17. The van der Waals surface area contributed by atoms with Crippen LogP contribution in [0, 0.1) is 17.2 Å². The van der Waals surface area contributed by atoms with E-state index >= 15 is 0 Å². The molecule has 6 nitrogen and oxygen atoms in total. The highest BCUT2D eigenvalue weighted by molar-refractivity contribution is 7.14. The van der Waals surface area contributed by atoms with Crippen LogP contribution in [0.3, 0.4) is 0 Å². The molecular weight excluding hydrogens is 441 g/mol. The number of nitriles is 1. The number of alkyl halides is 3. The van der Waals surface area contributed by atoms with Crippen molar-refractivity contribution in [2.45, 2.75) is 12.6 Å². The Morgan fingerprint density at radius 2 is 1.97 bits per heavy atom. The Kier molecular flexibility index (Phi) is 5.67. The van der Waals surface area contributed by atoms with E-state index in [1.54, 1.807) is 29.6 Å². The van der Waals surface area contributed by atoms with Gasteiger partial charge in [-0.2, -0.15) is 18.4 Å². The number of carbonyl (C=O) groups is 2. The molecule has 2 aromatic carbocycles. The maximum Gasteiger partial charge on any atom is 0.416 e. The number of carbonyl (C=O) groups excluding carboxylic acids is 2. The minimum Gasteiger partial charge on any atom is -0.312 e. The topological polar surface area (TPSA) is 86.1 Å². The number of nitrogens with one attached hydrogen (secondary N) is 1. The minimum absolute atomic E-state index is 0.0141. The predicted molar refractivity (Wildman–Crippen MR) is 113 cm³/mol. The van der Waals surface area contributed by atoms with Gasteiger partial charge in [0, 0.05) is 29.6 Å². The van der Waals surface area contributed by atoms with Crippen LogP contribution in [0.4, 0.5) is 24.0 Å². The number of amides is 2. The molecule has 1 aromatic heterocycles. The highest BCUT2D eigenvalue weighted by atomic mass is 32.1. The highest BCUT2D eigenvalue weighted by Gasteiger charge is 2.37. The van der Waals surface area contributed by atoms with Gasteiger partial charge in [-0.1, -0.05) is 18.2 Å². The first-order chi connectivity index (χ1) is 15.2. The van der Waals surface area contributed by atoms with Gasteiger partial charge in [0.2, 0.25) is 11.8 Å². The number of nitrogens with zero attached hydrogens (tertiary/aromatic N) is 3.